The van der Waals surface area contributed by atoms with Crippen LogP contribution in [0.1, 0.15) is 41.5 Å². The highest BCUT2D eigenvalue weighted by Gasteiger charge is 2.12. The number of rotatable bonds is 8. The van der Waals surface area contributed by atoms with Crippen molar-refractivity contribution in [3.8, 4) is 0 Å². The van der Waals surface area contributed by atoms with Gasteiger partial charge in [0.1, 0.15) is 0 Å². The normalized spacial score (nSPS) is 13.8. The molecule has 1 aromatic heterocycles. The molecule has 2 heteroatoms. The number of hydrogen-bond acceptors (Lipinski definition) is 1. The van der Waals surface area contributed by atoms with Gasteiger partial charge < -0.3 is 4.98 Å². The Hall–Kier alpha value is -3.10. The lowest BCUT2D eigenvalue weighted by atomic mass is 10.0. The van der Waals surface area contributed by atoms with Crippen molar-refractivity contribution in [2.45, 2.75) is 38.8 Å². The largest absolute Gasteiger partial charge is 0.361 e. The van der Waals surface area contributed by atoms with E-state index in [2.05, 4.69) is 101 Å². The average molecular weight is 407 g/mol. The van der Waals surface area contributed by atoms with Crippen LogP contribution >= 0.6 is 0 Å². The Morgan fingerprint density at radius 3 is 2.16 bits per heavy atom. The summed E-state index contributed by atoms with van der Waals surface area (Å²) in [4.78, 5) is 6.05. The highest BCUT2D eigenvalue weighted by atomic mass is 15.1. The molecule has 156 valence electrons. The lowest BCUT2D eigenvalue weighted by molar-refractivity contribution is 0.260. The summed E-state index contributed by atoms with van der Waals surface area (Å²) >= 11 is 0. The zero-order valence-corrected chi connectivity index (χ0v) is 18.1. The minimum atomic E-state index is 0.968. The molecule has 0 saturated heterocycles. The van der Waals surface area contributed by atoms with E-state index < -0.39 is 0 Å². The Morgan fingerprint density at radius 1 is 0.806 bits per heavy atom. The molecule has 1 aliphatic carbocycles. The molecule has 0 aliphatic heterocycles. The van der Waals surface area contributed by atoms with E-state index in [1.54, 1.807) is 0 Å². The zero-order chi connectivity index (χ0) is 20.9. The Bertz CT molecular complexity index is 1110. The van der Waals surface area contributed by atoms with Crippen LogP contribution in [-0.2, 0) is 19.5 Å². The van der Waals surface area contributed by atoms with Crippen molar-refractivity contribution in [1.29, 1.82) is 0 Å². The van der Waals surface area contributed by atoms with Crippen LogP contribution in [-0.4, -0.2) is 16.4 Å². The first kappa shape index (κ1) is 19.8. The maximum atomic E-state index is 3.49. The van der Waals surface area contributed by atoms with Crippen molar-refractivity contribution >= 4 is 16.5 Å². The topological polar surface area (TPSA) is 19.0 Å². The lowest BCUT2D eigenvalue weighted by Crippen LogP contribution is -2.25. The van der Waals surface area contributed by atoms with Crippen molar-refractivity contribution in [2.75, 3.05) is 6.54 Å². The summed E-state index contributed by atoms with van der Waals surface area (Å²) in [6.07, 6.45) is 9.40. The maximum Gasteiger partial charge on any atom is 0.0457 e. The maximum absolute atomic E-state index is 3.49. The van der Waals surface area contributed by atoms with E-state index >= 15 is 0 Å². The van der Waals surface area contributed by atoms with E-state index in [-0.39, 0.29) is 0 Å². The lowest BCUT2D eigenvalue weighted by Gasteiger charge is -2.22. The molecule has 0 bridgehead atoms. The summed E-state index contributed by atoms with van der Waals surface area (Å²) in [5, 5.41) is 1.38. The third kappa shape index (κ3) is 4.81. The minimum absolute atomic E-state index is 0.968. The number of aromatic nitrogens is 1. The third-order valence-electron chi connectivity index (χ3n) is 6.37. The van der Waals surface area contributed by atoms with E-state index in [9.17, 15) is 0 Å². The SMILES string of the molecule is C1=C(c2ccc3[nH]cc(CCN(Cc4ccccc4)Cc4ccccc4)c3c2)CCC1. The first-order valence-corrected chi connectivity index (χ1v) is 11.4. The fourth-order valence-corrected chi connectivity index (χ4v) is 4.69. The molecule has 0 unspecified atom stereocenters. The molecule has 31 heavy (non-hydrogen) atoms. The van der Waals surface area contributed by atoms with Gasteiger partial charge in [-0.15, -0.1) is 0 Å². The van der Waals surface area contributed by atoms with E-state index in [1.165, 1.54) is 58.0 Å². The number of allylic oxidation sites excluding steroid dienone is 2. The number of benzene rings is 3. The molecule has 0 spiro atoms. The van der Waals surface area contributed by atoms with E-state index in [4.69, 9.17) is 0 Å². The molecular weight excluding hydrogens is 376 g/mol. The van der Waals surface area contributed by atoms with Crippen LogP contribution in [0.3, 0.4) is 0 Å². The van der Waals surface area contributed by atoms with Crippen molar-refractivity contribution in [3.05, 3.63) is 113 Å². The van der Waals surface area contributed by atoms with Gasteiger partial charge in [-0.1, -0.05) is 72.8 Å². The molecule has 3 aromatic carbocycles. The fraction of sp³-hybridized carbons (Fsp3) is 0.241. The summed E-state index contributed by atoms with van der Waals surface area (Å²) in [5.74, 6) is 0. The molecule has 1 N–H and O–H groups in total. The molecule has 0 fully saturated rings. The smallest absolute Gasteiger partial charge is 0.0457 e. The van der Waals surface area contributed by atoms with Gasteiger partial charge >= 0.3 is 0 Å². The molecule has 5 rings (SSSR count). The van der Waals surface area contributed by atoms with E-state index in [1.807, 2.05) is 0 Å². The number of hydrogen-bond donors (Lipinski definition) is 1. The molecule has 1 heterocycles. The average Bonchev–Trinajstić information content (AvgIpc) is 3.49. The van der Waals surface area contributed by atoms with Crippen LogP contribution in [0.2, 0.25) is 0 Å². The van der Waals surface area contributed by atoms with Crippen molar-refractivity contribution < 1.29 is 0 Å². The first-order valence-electron chi connectivity index (χ1n) is 11.4. The Labute approximate surface area is 185 Å². The standard InChI is InChI=1S/C29H30N2/c1-3-9-23(10-4-1)21-31(22-24-11-5-2-6-12-24)18-17-27-20-30-29-16-15-26(19-28(27)29)25-13-7-8-14-25/h1-6,9-13,15-16,19-20,30H,7-8,14,17-18,21-22H2. The molecular formula is C29H30N2. The summed E-state index contributed by atoms with van der Waals surface area (Å²) in [7, 11) is 0. The van der Waals surface area contributed by atoms with Gasteiger partial charge in [0.15, 0.2) is 0 Å². The van der Waals surface area contributed by atoms with Gasteiger partial charge in [0.05, 0.1) is 0 Å². The predicted octanol–water partition coefficient (Wildman–Crippen LogP) is 6.98. The third-order valence-corrected chi connectivity index (χ3v) is 6.37. The molecule has 0 saturated carbocycles. The van der Waals surface area contributed by atoms with Crippen LogP contribution in [0.5, 0.6) is 0 Å². The number of aromatic amines is 1. The van der Waals surface area contributed by atoms with Crippen LogP contribution < -0.4 is 0 Å². The molecule has 1 aliphatic rings. The van der Waals surface area contributed by atoms with Crippen molar-refractivity contribution in [1.82, 2.24) is 9.88 Å². The van der Waals surface area contributed by atoms with E-state index in [0.717, 1.165) is 26.1 Å². The molecule has 0 radical (unpaired) electrons. The van der Waals surface area contributed by atoms with Gasteiger partial charge in [-0.25, -0.2) is 0 Å². The van der Waals surface area contributed by atoms with Crippen molar-refractivity contribution in [2.24, 2.45) is 0 Å². The predicted molar refractivity (Wildman–Crippen MR) is 131 cm³/mol. The van der Waals surface area contributed by atoms with Crippen LogP contribution in [0, 0.1) is 0 Å². The first-order chi connectivity index (χ1) is 15.3. The van der Waals surface area contributed by atoms with Gasteiger partial charge in [-0.2, -0.15) is 0 Å². The van der Waals surface area contributed by atoms with Gasteiger partial charge in [0, 0.05) is 36.7 Å². The molecule has 4 aromatic rings. The van der Waals surface area contributed by atoms with Crippen LogP contribution in [0.4, 0.5) is 0 Å². The quantitative estimate of drug-likeness (QED) is 0.334. The fourth-order valence-electron chi connectivity index (χ4n) is 4.69. The van der Waals surface area contributed by atoms with E-state index in [0.29, 0.717) is 0 Å². The summed E-state index contributed by atoms with van der Waals surface area (Å²) < 4.78 is 0. The van der Waals surface area contributed by atoms with Crippen LogP contribution in [0.15, 0.2) is 91.1 Å². The van der Waals surface area contributed by atoms with Gasteiger partial charge in [-0.3, -0.25) is 4.90 Å². The summed E-state index contributed by atoms with van der Waals surface area (Å²) in [6, 6.07) is 28.6. The molecule has 2 nitrogen and oxygen atoms in total. The van der Waals surface area contributed by atoms with Crippen molar-refractivity contribution in [3.63, 3.8) is 0 Å². The Morgan fingerprint density at radius 2 is 1.52 bits per heavy atom. The summed E-state index contributed by atoms with van der Waals surface area (Å²) in [5.41, 5.74) is 8.32. The number of H-pyrrole nitrogens is 1. The molecule has 0 atom stereocenters. The number of nitrogens with one attached hydrogen (secondary N) is 1. The van der Waals surface area contributed by atoms with Gasteiger partial charge in [0.2, 0.25) is 0 Å². The monoisotopic (exact) mass is 406 g/mol. The number of fused-ring (bicyclic) bond motifs is 1. The second-order valence-corrected chi connectivity index (χ2v) is 8.63. The highest BCUT2D eigenvalue weighted by molar-refractivity contribution is 5.87. The zero-order valence-electron chi connectivity index (χ0n) is 18.1. The van der Waals surface area contributed by atoms with Gasteiger partial charge in [-0.05, 0) is 65.6 Å². The Balaban J connectivity index is 1.35. The molecule has 0 amide bonds. The summed E-state index contributed by atoms with van der Waals surface area (Å²) in [6.45, 7) is 2.97. The number of nitrogens with zero attached hydrogens (tertiary/aromatic N) is 1. The second-order valence-electron chi connectivity index (χ2n) is 8.63. The minimum Gasteiger partial charge on any atom is -0.361 e. The highest BCUT2D eigenvalue weighted by Crippen LogP contribution is 2.30. The van der Waals surface area contributed by atoms with Crippen LogP contribution in [0.25, 0.3) is 16.5 Å². The second kappa shape index (κ2) is 9.36. The van der Waals surface area contributed by atoms with Gasteiger partial charge in [0.25, 0.3) is 0 Å². The Kier molecular flexibility index (Phi) is 5.99.